The van der Waals surface area contributed by atoms with Crippen molar-refractivity contribution >= 4 is 17.5 Å². The van der Waals surface area contributed by atoms with Gasteiger partial charge in [0.1, 0.15) is 0 Å². The molecule has 0 saturated heterocycles. The maximum atomic E-state index is 11.9. The second-order valence-electron chi connectivity index (χ2n) is 5.55. The zero-order valence-corrected chi connectivity index (χ0v) is 12.9. The van der Waals surface area contributed by atoms with Gasteiger partial charge in [0.05, 0.1) is 6.54 Å². The number of carbonyl (C=O) groups is 1. The zero-order valence-electron chi connectivity index (χ0n) is 12.2. The Labute approximate surface area is 120 Å². The maximum Gasteiger partial charge on any atom is 0.234 e. The van der Waals surface area contributed by atoms with Crippen molar-refractivity contribution in [3.63, 3.8) is 0 Å². The number of hydrogen-bond donors (Lipinski definition) is 1. The van der Waals surface area contributed by atoms with E-state index >= 15 is 0 Å². The van der Waals surface area contributed by atoms with Crippen LogP contribution < -0.4 is 5.32 Å². The number of hydrogen-bond acceptors (Lipinski definition) is 2. The Balaban J connectivity index is 2.50. The lowest BCUT2D eigenvalue weighted by atomic mass is 10.0. The Morgan fingerprint density at radius 1 is 1.37 bits per heavy atom. The molecule has 0 aromatic heterocycles. The van der Waals surface area contributed by atoms with Crippen LogP contribution in [-0.4, -0.2) is 29.9 Å². The highest BCUT2D eigenvalue weighted by Gasteiger charge is 2.18. The Bertz CT molecular complexity index is 432. The van der Waals surface area contributed by atoms with Crippen LogP contribution in [0.5, 0.6) is 0 Å². The van der Waals surface area contributed by atoms with Gasteiger partial charge < -0.3 is 5.32 Å². The topological polar surface area (TPSA) is 32.3 Å². The van der Waals surface area contributed by atoms with Gasteiger partial charge in [-0.3, -0.25) is 9.69 Å². The summed E-state index contributed by atoms with van der Waals surface area (Å²) in [5, 5.41) is 3.76. The van der Waals surface area contributed by atoms with Crippen LogP contribution in [0, 0.1) is 0 Å². The van der Waals surface area contributed by atoms with Gasteiger partial charge in [0.15, 0.2) is 0 Å². The predicted molar refractivity (Wildman–Crippen MR) is 80.3 cm³/mol. The first kappa shape index (κ1) is 16.0. The van der Waals surface area contributed by atoms with E-state index in [1.165, 1.54) is 0 Å². The van der Waals surface area contributed by atoms with Crippen LogP contribution in [0.15, 0.2) is 24.3 Å². The molecule has 0 atom stereocenters. The molecule has 0 aliphatic carbocycles. The van der Waals surface area contributed by atoms with E-state index in [9.17, 15) is 4.79 Å². The van der Waals surface area contributed by atoms with E-state index in [2.05, 4.69) is 12.2 Å². The minimum Gasteiger partial charge on any atom is -0.350 e. The van der Waals surface area contributed by atoms with Gasteiger partial charge in [0.25, 0.3) is 0 Å². The molecule has 0 spiro atoms. The molecule has 1 N–H and O–H groups in total. The summed E-state index contributed by atoms with van der Waals surface area (Å²) in [5.41, 5.74) is 0.886. The van der Waals surface area contributed by atoms with Crippen molar-refractivity contribution in [2.45, 2.75) is 39.3 Å². The number of benzene rings is 1. The molecule has 4 heteroatoms. The standard InChI is InChI=1S/C15H23ClN2O/c1-5-15(2,3)17-14(19)11-18(4)10-12-8-6-7-9-13(12)16/h6-9H,5,10-11H2,1-4H3,(H,17,19). The highest BCUT2D eigenvalue weighted by molar-refractivity contribution is 6.31. The van der Waals surface area contributed by atoms with Gasteiger partial charge in [0.2, 0.25) is 5.91 Å². The normalized spacial score (nSPS) is 11.7. The molecule has 1 rings (SSSR count). The van der Waals surface area contributed by atoms with Crippen LogP contribution in [0.3, 0.4) is 0 Å². The number of rotatable bonds is 6. The summed E-state index contributed by atoms with van der Waals surface area (Å²) in [6.45, 7) is 7.15. The van der Waals surface area contributed by atoms with E-state index in [0.717, 1.165) is 17.0 Å². The van der Waals surface area contributed by atoms with Crippen molar-refractivity contribution in [3.05, 3.63) is 34.9 Å². The Morgan fingerprint density at radius 2 is 2.00 bits per heavy atom. The van der Waals surface area contributed by atoms with Gasteiger partial charge >= 0.3 is 0 Å². The van der Waals surface area contributed by atoms with Crippen LogP contribution in [0.1, 0.15) is 32.8 Å². The van der Waals surface area contributed by atoms with Crippen LogP contribution in [-0.2, 0) is 11.3 Å². The fourth-order valence-electron chi connectivity index (χ4n) is 1.72. The molecule has 0 unspecified atom stereocenters. The quantitative estimate of drug-likeness (QED) is 0.870. The molecule has 0 aliphatic heterocycles. The number of carbonyl (C=O) groups excluding carboxylic acids is 1. The highest BCUT2D eigenvalue weighted by atomic mass is 35.5. The van der Waals surface area contributed by atoms with E-state index in [1.807, 2.05) is 50.1 Å². The molecule has 0 bridgehead atoms. The summed E-state index contributed by atoms with van der Waals surface area (Å²) >= 11 is 6.11. The van der Waals surface area contributed by atoms with Gasteiger partial charge in [-0.15, -0.1) is 0 Å². The van der Waals surface area contributed by atoms with Gasteiger partial charge in [-0.25, -0.2) is 0 Å². The fraction of sp³-hybridized carbons (Fsp3) is 0.533. The van der Waals surface area contributed by atoms with Crippen LogP contribution in [0.25, 0.3) is 0 Å². The number of nitrogens with one attached hydrogen (secondary N) is 1. The minimum absolute atomic E-state index is 0.0430. The third-order valence-corrected chi connectivity index (χ3v) is 3.54. The van der Waals surface area contributed by atoms with Crippen molar-refractivity contribution in [1.82, 2.24) is 10.2 Å². The molecule has 1 aromatic rings. The van der Waals surface area contributed by atoms with E-state index in [4.69, 9.17) is 11.6 Å². The van der Waals surface area contributed by atoms with E-state index < -0.39 is 0 Å². The monoisotopic (exact) mass is 282 g/mol. The Kier molecular flexibility index (Phi) is 5.83. The van der Waals surface area contributed by atoms with Gasteiger partial charge in [0, 0.05) is 17.1 Å². The first-order valence-electron chi connectivity index (χ1n) is 6.57. The van der Waals surface area contributed by atoms with Gasteiger partial charge in [-0.05, 0) is 38.9 Å². The maximum absolute atomic E-state index is 11.9. The summed E-state index contributed by atoms with van der Waals surface area (Å²) in [6, 6.07) is 7.70. The number of nitrogens with zero attached hydrogens (tertiary/aromatic N) is 1. The van der Waals surface area contributed by atoms with Crippen LogP contribution in [0.4, 0.5) is 0 Å². The van der Waals surface area contributed by atoms with Crippen molar-refractivity contribution < 1.29 is 4.79 Å². The van der Waals surface area contributed by atoms with Crippen LogP contribution >= 0.6 is 11.6 Å². The lowest BCUT2D eigenvalue weighted by Crippen LogP contribution is -2.46. The SMILES string of the molecule is CCC(C)(C)NC(=O)CN(C)Cc1ccccc1Cl. The smallest absolute Gasteiger partial charge is 0.234 e. The molecule has 0 saturated carbocycles. The fourth-order valence-corrected chi connectivity index (χ4v) is 1.92. The molecular formula is C15H23ClN2O. The second-order valence-corrected chi connectivity index (χ2v) is 5.96. The van der Waals surface area contributed by atoms with Crippen LogP contribution in [0.2, 0.25) is 5.02 Å². The summed E-state index contributed by atoms with van der Waals surface area (Å²) in [7, 11) is 1.92. The van der Waals surface area contributed by atoms with Gasteiger partial charge in [-0.2, -0.15) is 0 Å². The zero-order chi connectivity index (χ0) is 14.5. The van der Waals surface area contributed by atoms with E-state index in [-0.39, 0.29) is 11.4 Å². The second kappa shape index (κ2) is 6.92. The van der Waals surface area contributed by atoms with Gasteiger partial charge in [-0.1, -0.05) is 36.7 Å². The lowest BCUT2D eigenvalue weighted by Gasteiger charge is -2.26. The third-order valence-electron chi connectivity index (χ3n) is 3.17. The lowest BCUT2D eigenvalue weighted by molar-refractivity contribution is -0.123. The number of likely N-dealkylation sites (N-methyl/N-ethyl adjacent to an activating group) is 1. The van der Waals surface area contributed by atoms with Crippen molar-refractivity contribution in [2.24, 2.45) is 0 Å². The molecule has 0 aliphatic rings. The average molecular weight is 283 g/mol. The summed E-state index contributed by atoms with van der Waals surface area (Å²) in [5.74, 6) is 0.0430. The van der Waals surface area contributed by atoms with Crippen molar-refractivity contribution in [1.29, 1.82) is 0 Å². The highest BCUT2D eigenvalue weighted by Crippen LogP contribution is 2.16. The summed E-state index contributed by atoms with van der Waals surface area (Å²) in [6.07, 6.45) is 0.910. The average Bonchev–Trinajstić information content (AvgIpc) is 2.31. The molecule has 3 nitrogen and oxygen atoms in total. The Morgan fingerprint density at radius 3 is 2.58 bits per heavy atom. The van der Waals surface area contributed by atoms with E-state index in [1.54, 1.807) is 0 Å². The first-order valence-corrected chi connectivity index (χ1v) is 6.95. The van der Waals surface area contributed by atoms with Crippen molar-refractivity contribution in [3.8, 4) is 0 Å². The third kappa shape index (κ3) is 5.62. The predicted octanol–water partition coefficient (Wildman–Crippen LogP) is 3.08. The largest absolute Gasteiger partial charge is 0.350 e. The molecule has 0 radical (unpaired) electrons. The molecule has 1 aromatic carbocycles. The van der Waals surface area contributed by atoms with E-state index in [0.29, 0.717) is 13.1 Å². The minimum atomic E-state index is -0.150. The van der Waals surface area contributed by atoms with Crippen molar-refractivity contribution in [2.75, 3.05) is 13.6 Å². The number of halogens is 1. The first-order chi connectivity index (χ1) is 8.84. The molecule has 0 heterocycles. The Hall–Kier alpha value is -1.06. The molecule has 1 amide bonds. The number of amides is 1. The summed E-state index contributed by atoms with van der Waals surface area (Å²) < 4.78 is 0. The molecule has 106 valence electrons. The molecule has 19 heavy (non-hydrogen) atoms. The molecule has 0 fully saturated rings. The summed E-state index contributed by atoms with van der Waals surface area (Å²) in [4.78, 5) is 13.9. The molecular weight excluding hydrogens is 260 g/mol.